The van der Waals surface area contributed by atoms with Crippen molar-refractivity contribution in [1.82, 2.24) is 0 Å². The molecule has 0 heterocycles. The Morgan fingerprint density at radius 1 is 0.857 bits per heavy atom. The number of halogens is 1. The van der Waals surface area contributed by atoms with Gasteiger partial charge >= 0.3 is 0 Å². The molecule has 0 unspecified atom stereocenters. The number of benzene rings is 2. The van der Waals surface area contributed by atoms with E-state index in [1.165, 1.54) is 31.2 Å². The third-order valence-corrected chi connectivity index (χ3v) is 3.09. The zero-order valence-corrected chi connectivity index (χ0v) is 13.0. The summed E-state index contributed by atoms with van der Waals surface area (Å²) in [4.78, 5) is 21.7. The largest absolute Gasteiger partial charge is 0.508 e. The maximum Gasteiger partial charge on any atom is 0.173 e. The van der Waals surface area contributed by atoms with Crippen LogP contribution in [0, 0.1) is 0 Å². The molecule has 0 aromatic heterocycles. The molecule has 4 nitrogen and oxygen atoms in total. The van der Waals surface area contributed by atoms with Crippen molar-refractivity contribution in [2.75, 3.05) is 5.33 Å². The van der Waals surface area contributed by atoms with Gasteiger partial charge in [-0.25, -0.2) is 0 Å². The molecule has 2 aromatic rings. The number of hydrogen-bond donors (Lipinski definition) is 2. The number of rotatable bonds is 3. The van der Waals surface area contributed by atoms with Crippen LogP contribution in [0.3, 0.4) is 0 Å². The van der Waals surface area contributed by atoms with Crippen molar-refractivity contribution in [1.29, 1.82) is 0 Å². The minimum absolute atomic E-state index is 0.0139. The number of aromatic hydroxyl groups is 2. The van der Waals surface area contributed by atoms with E-state index in [1.54, 1.807) is 24.3 Å². The van der Waals surface area contributed by atoms with Crippen LogP contribution in [0.4, 0.5) is 0 Å². The lowest BCUT2D eigenvalue weighted by Crippen LogP contribution is -1.98. The maximum absolute atomic E-state index is 11.0. The van der Waals surface area contributed by atoms with Gasteiger partial charge < -0.3 is 10.2 Å². The zero-order valence-electron chi connectivity index (χ0n) is 11.4. The third kappa shape index (κ3) is 5.79. The Morgan fingerprint density at radius 3 is 1.57 bits per heavy atom. The van der Waals surface area contributed by atoms with Gasteiger partial charge in [0, 0.05) is 11.1 Å². The number of hydrogen-bond acceptors (Lipinski definition) is 4. The van der Waals surface area contributed by atoms with Crippen LogP contribution in [-0.2, 0) is 0 Å². The van der Waals surface area contributed by atoms with Crippen LogP contribution in [0.1, 0.15) is 27.6 Å². The van der Waals surface area contributed by atoms with Crippen molar-refractivity contribution in [3.8, 4) is 11.5 Å². The number of phenols is 2. The molecule has 0 amide bonds. The number of Topliss-reactive ketones (excluding diaryl/α,β-unsaturated/α-hetero) is 2. The highest BCUT2D eigenvalue weighted by Gasteiger charge is 2.01. The molecule has 0 aliphatic carbocycles. The molecule has 21 heavy (non-hydrogen) atoms. The fourth-order valence-electron chi connectivity index (χ4n) is 1.42. The van der Waals surface area contributed by atoms with E-state index in [2.05, 4.69) is 15.9 Å². The van der Waals surface area contributed by atoms with Crippen molar-refractivity contribution >= 4 is 27.5 Å². The Kier molecular flexibility index (Phi) is 6.62. The zero-order chi connectivity index (χ0) is 15.8. The van der Waals surface area contributed by atoms with E-state index in [4.69, 9.17) is 10.2 Å². The molecule has 0 saturated carbocycles. The summed E-state index contributed by atoms with van der Waals surface area (Å²) in [6, 6.07) is 12.4. The fraction of sp³-hybridized carbons (Fsp3) is 0.125. The molecular weight excluding hydrogens is 336 g/mol. The summed E-state index contributed by atoms with van der Waals surface area (Å²) >= 11 is 3.06. The predicted molar refractivity (Wildman–Crippen MR) is 84.3 cm³/mol. The van der Waals surface area contributed by atoms with Crippen LogP contribution in [0.25, 0.3) is 0 Å². The Bertz CT molecular complexity index is 603. The van der Waals surface area contributed by atoms with E-state index in [1.807, 2.05) is 0 Å². The molecule has 0 atom stereocenters. The van der Waals surface area contributed by atoms with Gasteiger partial charge in [-0.15, -0.1) is 0 Å². The van der Waals surface area contributed by atoms with E-state index in [9.17, 15) is 9.59 Å². The molecular formula is C16H15BrO4. The molecule has 0 saturated heterocycles. The molecule has 2 N–H and O–H groups in total. The lowest BCUT2D eigenvalue weighted by Gasteiger charge is -1.95. The first-order valence-corrected chi connectivity index (χ1v) is 7.24. The summed E-state index contributed by atoms with van der Waals surface area (Å²) in [6.07, 6.45) is 0. The van der Waals surface area contributed by atoms with Crippen molar-refractivity contribution in [3.05, 3.63) is 59.7 Å². The van der Waals surface area contributed by atoms with Gasteiger partial charge in [-0.05, 0) is 55.5 Å². The first kappa shape index (κ1) is 16.9. The van der Waals surface area contributed by atoms with Crippen LogP contribution in [0.15, 0.2) is 48.5 Å². The Morgan fingerprint density at radius 2 is 1.24 bits per heavy atom. The second-order valence-electron chi connectivity index (χ2n) is 4.21. The summed E-state index contributed by atoms with van der Waals surface area (Å²) in [7, 11) is 0. The molecule has 0 fully saturated rings. The van der Waals surface area contributed by atoms with Crippen LogP contribution >= 0.6 is 15.9 Å². The minimum atomic E-state index is 0.0139. The first-order valence-electron chi connectivity index (χ1n) is 6.12. The number of carbonyl (C=O) groups excluding carboxylic acids is 2. The quantitative estimate of drug-likeness (QED) is 0.655. The van der Waals surface area contributed by atoms with Crippen LogP contribution in [0.2, 0.25) is 0 Å². The molecule has 2 rings (SSSR count). The Labute approximate surface area is 131 Å². The molecule has 2 aromatic carbocycles. The number of phenolic OH excluding ortho intramolecular Hbond substituents is 2. The smallest absolute Gasteiger partial charge is 0.173 e. The molecule has 5 heteroatoms. The SMILES string of the molecule is CC(=O)c1ccc(O)cc1.O=C(CBr)c1ccc(O)cc1. The highest BCUT2D eigenvalue weighted by molar-refractivity contribution is 9.09. The van der Waals surface area contributed by atoms with E-state index >= 15 is 0 Å². The average Bonchev–Trinajstić information content (AvgIpc) is 2.48. The van der Waals surface area contributed by atoms with Gasteiger partial charge in [-0.3, -0.25) is 9.59 Å². The van der Waals surface area contributed by atoms with Crippen LogP contribution in [-0.4, -0.2) is 27.1 Å². The second kappa shape index (κ2) is 8.21. The highest BCUT2D eigenvalue weighted by Crippen LogP contribution is 2.10. The van der Waals surface area contributed by atoms with Crippen LogP contribution in [0.5, 0.6) is 11.5 Å². The standard InChI is InChI=1S/C8H7BrO2.C8H8O2/c9-5-8(11)6-1-3-7(10)4-2-6;1-6(9)7-2-4-8(10)5-3-7/h1-4,10H,5H2;2-5,10H,1H3. The van der Waals surface area contributed by atoms with Gasteiger partial charge in [0.25, 0.3) is 0 Å². The van der Waals surface area contributed by atoms with Gasteiger partial charge in [0.05, 0.1) is 5.33 Å². The summed E-state index contributed by atoms with van der Waals surface area (Å²) in [5, 5.41) is 18.0. The number of alkyl halides is 1. The number of ketones is 2. The van der Waals surface area contributed by atoms with Gasteiger partial charge in [0.2, 0.25) is 0 Å². The van der Waals surface area contributed by atoms with Crippen molar-refractivity contribution in [2.24, 2.45) is 0 Å². The topological polar surface area (TPSA) is 74.6 Å². The van der Waals surface area contributed by atoms with Crippen molar-refractivity contribution < 1.29 is 19.8 Å². The monoisotopic (exact) mass is 350 g/mol. The molecule has 0 radical (unpaired) electrons. The van der Waals surface area contributed by atoms with Gasteiger partial charge in [0.15, 0.2) is 11.6 Å². The molecule has 0 spiro atoms. The third-order valence-electron chi connectivity index (χ3n) is 2.58. The Balaban J connectivity index is 0.000000211. The summed E-state index contributed by atoms with van der Waals surface area (Å²) < 4.78 is 0. The second-order valence-corrected chi connectivity index (χ2v) is 4.77. The van der Waals surface area contributed by atoms with E-state index in [0.717, 1.165) is 0 Å². The van der Waals surface area contributed by atoms with Crippen LogP contribution < -0.4 is 0 Å². The van der Waals surface area contributed by atoms with Crippen molar-refractivity contribution in [3.63, 3.8) is 0 Å². The van der Waals surface area contributed by atoms with Gasteiger partial charge in [-0.2, -0.15) is 0 Å². The van der Waals surface area contributed by atoms with Crippen molar-refractivity contribution in [2.45, 2.75) is 6.92 Å². The normalized spacial score (nSPS) is 9.43. The average molecular weight is 351 g/mol. The lowest BCUT2D eigenvalue weighted by atomic mass is 10.1. The lowest BCUT2D eigenvalue weighted by molar-refractivity contribution is 0.101. The molecule has 0 aliphatic heterocycles. The summed E-state index contributed by atoms with van der Waals surface area (Å²) in [6.45, 7) is 1.49. The van der Waals surface area contributed by atoms with E-state index < -0.39 is 0 Å². The number of carbonyl (C=O) groups is 2. The highest BCUT2D eigenvalue weighted by atomic mass is 79.9. The minimum Gasteiger partial charge on any atom is -0.508 e. The van der Waals surface area contributed by atoms with Gasteiger partial charge in [-0.1, -0.05) is 15.9 Å². The van der Waals surface area contributed by atoms with E-state index in [-0.39, 0.29) is 23.1 Å². The summed E-state index contributed by atoms with van der Waals surface area (Å²) in [5.74, 6) is 0.395. The molecule has 0 aliphatic rings. The van der Waals surface area contributed by atoms with E-state index in [0.29, 0.717) is 16.5 Å². The first-order chi connectivity index (χ1) is 9.93. The fourth-order valence-corrected chi connectivity index (χ4v) is 1.74. The maximum atomic E-state index is 11.0. The van der Waals surface area contributed by atoms with Gasteiger partial charge in [0.1, 0.15) is 11.5 Å². The Hall–Kier alpha value is -2.14. The predicted octanol–water partition coefficient (Wildman–Crippen LogP) is 3.56. The molecule has 0 bridgehead atoms. The molecule has 110 valence electrons. The summed E-state index contributed by atoms with van der Waals surface area (Å²) in [5.41, 5.74) is 1.23.